The van der Waals surface area contributed by atoms with Crippen LogP contribution in [0.1, 0.15) is 16.8 Å². The topological polar surface area (TPSA) is 44.8 Å². The zero-order valence-corrected chi connectivity index (χ0v) is 11.8. The number of H-pyrrole nitrogens is 1. The summed E-state index contributed by atoms with van der Waals surface area (Å²) in [7, 11) is 0. The summed E-state index contributed by atoms with van der Waals surface area (Å²) in [5.41, 5.74) is 3.60. The highest BCUT2D eigenvalue weighted by Crippen LogP contribution is 2.18. The average Bonchev–Trinajstić information content (AvgIpc) is 2.41. The summed E-state index contributed by atoms with van der Waals surface area (Å²) in [6, 6.07) is 3.84. The molecule has 19 heavy (non-hydrogen) atoms. The molecule has 0 unspecified atom stereocenters. The lowest BCUT2D eigenvalue weighted by molar-refractivity contribution is 0.240. The van der Waals surface area contributed by atoms with E-state index >= 15 is 0 Å². The third-order valence-corrected chi connectivity index (χ3v) is 3.69. The van der Waals surface area contributed by atoms with Crippen molar-refractivity contribution >= 4 is 23.8 Å². The van der Waals surface area contributed by atoms with Crippen LogP contribution < -0.4 is 0 Å². The van der Waals surface area contributed by atoms with Gasteiger partial charge in [0.1, 0.15) is 5.15 Å². The molecule has 0 radical (unpaired) electrons. The lowest BCUT2D eigenvalue weighted by atomic mass is 10.1. The molecule has 0 aromatic carbocycles. The molecule has 0 saturated heterocycles. The smallest absolute Gasteiger partial charge is 0.196 e. The van der Waals surface area contributed by atoms with E-state index in [0.717, 1.165) is 26.1 Å². The molecule has 1 N–H and O–H groups in total. The summed E-state index contributed by atoms with van der Waals surface area (Å²) >= 11 is 10.9. The second-order valence-corrected chi connectivity index (χ2v) is 5.42. The highest BCUT2D eigenvalue weighted by atomic mass is 35.5. The second kappa shape index (κ2) is 5.36. The molecule has 0 atom stereocenters. The maximum atomic E-state index is 5.79. The molecule has 0 saturated carbocycles. The first kappa shape index (κ1) is 12.7. The minimum absolute atomic E-state index is 0.530. The number of fused-ring (bicyclic) bond motifs is 1. The Morgan fingerprint density at radius 2 is 2.21 bits per heavy atom. The second-order valence-electron chi connectivity index (χ2n) is 4.64. The SMILES string of the molecule is S=c1ncc2c([nH]1)CN(Cc1ccc(Cl)nc1)CC2. The van der Waals surface area contributed by atoms with Gasteiger partial charge in [0.25, 0.3) is 0 Å². The standard InChI is InChI=1S/C13H13ClN4S/c14-12-2-1-9(5-15-12)7-18-4-3-10-6-16-13(19)17-11(10)8-18/h1-2,5-6H,3-4,7-8H2,(H,16,17,19). The maximum Gasteiger partial charge on any atom is 0.196 e. The van der Waals surface area contributed by atoms with E-state index in [1.165, 1.54) is 16.8 Å². The molecule has 0 spiro atoms. The first-order valence-corrected chi connectivity index (χ1v) is 6.89. The van der Waals surface area contributed by atoms with Gasteiger partial charge in [-0.05, 0) is 35.8 Å². The zero-order chi connectivity index (χ0) is 13.2. The number of nitrogens with one attached hydrogen (secondary N) is 1. The van der Waals surface area contributed by atoms with Crippen LogP contribution in [0.5, 0.6) is 0 Å². The van der Waals surface area contributed by atoms with Crippen LogP contribution in [0.3, 0.4) is 0 Å². The van der Waals surface area contributed by atoms with Crippen molar-refractivity contribution in [3.63, 3.8) is 0 Å². The van der Waals surface area contributed by atoms with E-state index in [1.807, 2.05) is 24.5 Å². The van der Waals surface area contributed by atoms with Crippen molar-refractivity contribution in [3.8, 4) is 0 Å². The Morgan fingerprint density at radius 3 is 3.00 bits per heavy atom. The highest BCUT2D eigenvalue weighted by molar-refractivity contribution is 7.71. The molecular weight excluding hydrogens is 280 g/mol. The van der Waals surface area contributed by atoms with Crippen molar-refractivity contribution in [2.45, 2.75) is 19.5 Å². The van der Waals surface area contributed by atoms with Gasteiger partial charge in [-0.2, -0.15) is 0 Å². The van der Waals surface area contributed by atoms with Gasteiger partial charge in [0.05, 0.1) is 0 Å². The number of pyridine rings is 1. The third-order valence-electron chi connectivity index (χ3n) is 3.26. The number of hydrogen-bond acceptors (Lipinski definition) is 4. The predicted molar refractivity (Wildman–Crippen MR) is 76.5 cm³/mol. The molecule has 3 heterocycles. The van der Waals surface area contributed by atoms with E-state index in [2.05, 4.69) is 19.9 Å². The number of rotatable bonds is 2. The summed E-state index contributed by atoms with van der Waals surface area (Å²) in [4.78, 5) is 13.8. The van der Waals surface area contributed by atoms with E-state index < -0.39 is 0 Å². The fourth-order valence-corrected chi connectivity index (χ4v) is 2.57. The van der Waals surface area contributed by atoms with Crippen molar-refractivity contribution in [2.75, 3.05) is 6.54 Å². The molecule has 3 rings (SSSR count). The van der Waals surface area contributed by atoms with Crippen LogP contribution in [-0.4, -0.2) is 26.4 Å². The highest BCUT2D eigenvalue weighted by Gasteiger charge is 2.17. The van der Waals surface area contributed by atoms with Gasteiger partial charge in [-0.15, -0.1) is 0 Å². The summed E-state index contributed by atoms with van der Waals surface area (Å²) in [5, 5.41) is 0.530. The van der Waals surface area contributed by atoms with Crippen molar-refractivity contribution in [3.05, 3.63) is 51.3 Å². The first-order valence-electron chi connectivity index (χ1n) is 6.10. The molecule has 2 aromatic heterocycles. The Hall–Kier alpha value is -1.30. The van der Waals surface area contributed by atoms with Gasteiger partial charge >= 0.3 is 0 Å². The van der Waals surface area contributed by atoms with E-state index in [4.69, 9.17) is 23.8 Å². The van der Waals surface area contributed by atoms with Gasteiger partial charge in [0.2, 0.25) is 0 Å². The summed E-state index contributed by atoms with van der Waals surface area (Å²) in [6.45, 7) is 2.75. The minimum atomic E-state index is 0.530. The lowest BCUT2D eigenvalue weighted by Gasteiger charge is -2.28. The van der Waals surface area contributed by atoms with E-state index in [-0.39, 0.29) is 0 Å². The summed E-state index contributed by atoms with van der Waals surface area (Å²) < 4.78 is 0.550. The van der Waals surface area contributed by atoms with Gasteiger partial charge in [-0.3, -0.25) is 4.90 Å². The number of aromatic nitrogens is 3. The number of hydrogen-bond donors (Lipinski definition) is 1. The predicted octanol–water partition coefficient (Wildman–Crippen LogP) is 2.75. The van der Waals surface area contributed by atoms with Crippen molar-refractivity contribution < 1.29 is 0 Å². The number of nitrogens with zero attached hydrogens (tertiary/aromatic N) is 3. The fraction of sp³-hybridized carbons (Fsp3) is 0.308. The molecule has 4 nitrogen and oxygen atoms in total. The number of halogens is 1. The first-order chi connectivity index (χ1) is 9.20. The largest absolute Gasteiger partial charge is 0.333 e. The van der Waals surface area contributed by atoms with Crippen LogP contribution in [0.4, 0.5) is 0 Å². The Bertz CT molecular complexity index is 638. The molecule has 2 aromatic rings. The van der Waals surface area contributed by atoms with Gasteiger partial charge in [-0.1, -0.05) is 17.7 Å². The van der Waals surface area contributed by atoms with Crippen molar-refractivity contribution in [1.82, 2.24) is 19.9 Å². The molecule has 1 aliphatic heterocycles. The molecule has 6 heteroatoms. The quantitative estimate of drug-likeness (QED) is 0.683. The summed E-state index contributed by atoms with van der Waals surface area (Å²) in [6.07, 6.45) is 4.71. The Balaban J connectivity index is 1.75. The van der Waals surface area contributed by atoms with Gasteiger partial charge in [0, 0.05) is 37.7 Å². The van der Waals surface area contributed by atoms with E-state index in [0.29, 0.717) is 9.92 Å². The van der Waals surface area contributed by atoms with Crippen LogP contribution in [0.2, 0.25) is 5.15 Å². The van der Waals surface area contributed by atoms with Crippen LogP contribution in [0.25, 0.3) is 0 Å². The molecular formula is C13H13ClN4S. The van der Waals surface area contributed by atoms with Crippen molar-refractivity contribution in [2.24, 2.45) is 0 Å². The molecule has 0 bridgehead atoms. The zero-order valence-electron chi connectivity index (χ0n) is 10.3. The number of aromatic amines is 1. The molecule has 0 fully saturated rings. The Labute approximate surface area is 121 Å². The minimum Gasteiger partial charge on any atom is -0.333 e. The normalized spacial score (nSPS) is 15.2. The van der Waals surface area contributed by atoms with E-state index in [9.17, 15) is 0 Å². The molecule has 0 amide bonds. The molecule has 1 aliphatic rings. The van der Waals surface area contributed by atoms with Gasteiger partial charge in [-0.25, -0.2) is 9.97 Å². The fourth-order valence-electron chi connectivity index (χ4n) is 2.29. The van der Waals surface area contributed by atoms with Crippen LogP contribution in [0.15, 0.2) is 24.5 Å². The lowest BCUT2D eigenvalue weighted by Crippen LogP contribution is -2.31. The van der Waals surface area contributed by atoms with Crippen LogP contribution in [-0.2, 0) is 19.5 Å². The van der Waals surface area contributed by atoms with Crippen molar-refractivity contribution in [1.29, 1.82) is 0 Å². The average molecular weight is 293 g/mol. The molecule has 0 aliphatic carbocycles. The Kier molecular flexibility index (Phi) is 3.59. The van der Waals surface area contributed by atoms with Gasteiger partial charge < -0.3 is 4.98 Å². The summed E-state index contributed by atoms with van der Waals surface area (Å²) in [5.74, 6) is 0. The van der Waals surface area contributed by atoms with E-state index in [1.54, 1.807) is 0 Å². The monoisotopic (exact) mass is 292 g/mol. The van der Waals surface area contributed by atoms with Gasteiger partial charge in [0.15, 0.2) is 4.77 Å². The molecule has 98 valence electrons. The maximum absolute atomic E-state index is 5.79. The Morgan fingerprint density at radius 1 is 1.32 bits per heavy atom. The third kappa shape index (κ3) is 3.00. The van der Waals surface area contributed by atoms with Crippen LogP contribution >= 0.6 is 23.8 Å². The van der Waals surface area contributed by atoms with Crippen LogP contribution in [0, 0.1) is 4.77 Å².